The van der Waals surface area contributed by atoms with E-state index in [0.29, 0.717) is 12.1 Å². The molecule has 1 atom stereocenters. The highest BCUT2D eigenvalue weighted by atomic mass is 35.5. The number of halogens is 7. The van der Waals surface area contributed by atoms with E-state index in [0.717, 1.165) is 19.1 Å². The van der Waals surface area contributed by atoms with Crippen molar-refractivity contribution in [1.29, 1.82) is 0 Å². The molecule has 0 bridgehead atoms. The molecule has 0 radical (unpaired) electrons. The van der Waals surface area contributed by atoms with Gasteiger partial charge in [0.1, 0.15) is 5.75 Å². The zero-order valence-electron chi connectivity index (χ0n) is 16.9. The van der Waals surface area contributed by atoms with Crippen molar-refractivity contribution in [1.82, 2.24) is 4.72 Å². The summed E-state index contributed by atoms with van der Waals surface area (Å²) in [6, 6.07) is 2.43. The van der Waals surface area contributed by atoms with E-state index < -0.39 is 51.1 Å². The summed E-state index contributed by atoms with van der Waals surface area (Å²) in [5.41, 5.74) is -4.08. The monoisotopic (exact) mass is 518 g/mol. The third-order valence-electron chi connectivity index (χ3n) is 4.09. The predicted molar refractivity (Wildman–Crippen MR) is 107 cm³/mol. The number of benzene rings is 2. The SMILES string of the molecule is CCOc1ccc(S(=O)(=O)N[C@H](C)C(=O)Nc2cc(C(F)(F)F)cc(C(F)(F)F)c2)cc1Cl. The van der Waals surface area contributed by atoms with Crippen molar-refractivity contribution in [3.05, 3.63) is 52.5 Å². The second-order valence-corrected chi connectivity index (χ2v) is 8.77. The lowest BCUT2D eigenvalue weighted by Gasteiger charge is -2.17. The highest BCUT2D eigenvalue weighted by Crippen LogP contribution is 2.37. The Morgan fingerprint density at radius 2 is 1.58 bits per heavy atom. The fraction of sp³-hybridized carbons (Fsp3) is 0.316. The number of carbonyl (C=O) groups excluding carboxylic acids is 1. The van der Waals surface area contributed by atoms with Gasteiger partial charge >= 0.3 is 12.4 Å². The number of hydrogen-bond acceptors (Lipinski definition) is 4. The van der Waals surface area contributed by atoms with Crippen molar-refractivity contribution >= 4 is 33.2 Å². The number of nitrogens with one attached hydrogen (secondary N) is 2. The van der Waals surface area contributed by atoms with Crippen LogP contribution in [0.3, 0.4) is 0 Å². The van der Waals surface area contributed by atoms with Gasteiger partial charge in [0.15, 0.2) is 0 Å². The largest absolute Gasteiger partial charge is 0.492 e. The number of amides is 1. The van der Waals surface area contributed by atoms with Gasteiger partial charge in [-0.15, -0.1) is 0 Å². The van der Waals surface area contributed by atoms with Crippen molar-refractivity contribution < 1.29 is 44.3 Å². The lowest BCUT2D eigenvalue weighted by molar-refractivity contribution is -0.143. The first kappa shape index (κ1) is 26.7. The molecule has 2 N–H and O–H groups in total. The molecule has 0 saturated carbocycles. The molecule has 0 aliphatic carbocycles. The van der Waals surface area contributed by atoms with Crippen LogP contribution in [0.15, 0.2) is 41.3 Å². The van der Waals surface area contributed by atoms with Crippen LogP contribution in [0.4, 0.5) is 32.0 Å². The smallest absolute Gasteiger partial charge is 0.416 e. The van der Waals surface area contributed by atoms with E-state index in [-0.39, 0.29) is 28.3 Å². The first-order chi connectivity index (χ1) is 15.0. The molecule has 14 heteroatoms. The molecule has 0 aliphatic rings. The average molecular weight is 519 g/mol. The van der Waals surface area contributed by atoms with Crippen LogP contribution < -0.4 is 14.8 Å². The van der Waals surface area contributed by atoms with Gasteiger partial charge in [-0.1, -0.05) is 11.6 Å². The van der Waals surface area contributed by atoms with Crippen molar-refractivity contribution in [2.24, 2.45) is 0 Å². The molecule has 33 heavy (non-hydrogen) atoms. The summed E-state index contributed by atoms with van der Waals surface area (Å²) >= 11 is 5.94. The minimum atomic E-state index is -5.11. The van der Waals surface area contributed by atoms with Gasteiger partial charge in [0.2, 0.25) is 15.9 Å². The van der Waals surface area contributed by atoms with Gasteiger partial charge in [0.25, 0.3) is 0 Å². The van der Waals surface area contributed by atoms with Crippen molar-refractivity contribution in [3.8, 4) is 5.75 Å². The van der Waals surface area contributed by atoms with E-state index in [4.69, 9.17) is 16.3 Å². The number of carbonyl (C=O) groups is 1. The molecule has 6 nitrogen and oxygen atoms in total. The maximum atomic E-state index is 13.0. The molecule has 1 amide bonds. The second-order valence-electron chi connectivity index (χ2n) is 6.65. The Hall–Kier alpha value is -2.51. The standard InChI is InChI=1S/C19H17ClF6N2O4S/c1-3-32-16-5-4-14(9-15(16)20)33(30,31)28-10(2)17(29)27-13-7-11(18(21,22)23)6-12(8-13)19(24,25)26/h4-10,28H,3H2,1-2H3,(H,27,29)/t10-/m1/s1. The van der Waals surface area contributed by atoms with E-state index in [1.54, 1.807) is 6.92 Å². The molecule has 0 fully saturated rings. The zero-order chi connectivity index (χ0) is 25.2. The quantitative estimate of drug-likeness (QED) is 0.501. The predicted octanol–water partition coefficient (Wildman–Crippen LogP) is 5.08. The summed E-state index contributed by atoms with van der Waals surface area (Å²) in [5.74, 6) is -0.975. The molecule has 0 aliphatic heterocycles. The van der Waals surface area contributed by atoms with E-state index in [1.165, 1.54) is 6.07 Å². The summed E-state index contributed by atoms with van der Waals surface area (Å²) in [7, 11) is -4.32. The minimum Gasteiger partial charge on any atom is -0.492 e. The van der Waals surface area contributed by atoms with Crippen molar-refractivity contribution in [2.45, 2.75) is 37.1 Å². The normalized spacial score (nSPS) is 13.5. The Morgan fingerprint density at radius 1 is 1.03 bits per heavy atom. The summed E-state index contributed by atoms with van der Waals surface area (Å²) in [6.45, 7) is 3.01. The fourth-order valence-electron chi connectivity index (χ4n) is 2.55. The Bertz CT molecular complexity index is 1100. The van der Waals surface area contributed by atoms with Crippen LogP contribution in [-0.4, -0.2) is 27.0 Å². The van der Waals surface area contributed by atoms with E-state index in [1.807, 2.05) is 10.0 Å². The van der Waals surface area contributed by atoms with Crippen LogP contribution in [0.1, 0.15) is 25.0 Å². The topological polar surface area (TPSA) is 84.5 Å². The van der Waals surface area contributed by atoms with Gasteiger partial charge in [-0.2, -0.15) is 31.1 Å². The maximum absolute atomic E-state index is 13.0. The van der Waals surface area contributed by atoms with Gasteiger partial charge in [-0.05, 0) is 50.2 Å². The molecule has 0 spiro atoms. The number of rotatable bonds is 7. The summed E-state index contributed by atoms with van der Waals surface area (Å²) in [4.78, 5) is 12.0. The van der Waals surface area contributed by atoms with Crippen LogP contribution in [0.25, 0.3) is 0 Å². The van der Waals surface area contributed by atoms with Crippen LogP contribution >= 0.6 is 11.6 Å². The van der Waals surface area contributed by atoms with Crippen molar-refractivity contribution in [2.75, 3.05) is 11.9 Å². The number of alkyl halides is 6. The summed E-state index contributed by atoms with van der Waals surface area (Å²) < 4.78 is 110. The number of sulfonamides is 1. The highest BCUT2D eigenvalue weighted by molar-refractivity contribution is 7.89. The van der Waals surface area contributed by atoms with Crippen LogP contribution in [0.5, 0.6) is 5.75 Å². The second kappa shape index (κ2) is 9.77. The summed E-state index contributed by atoms with van der Waals surface area (Å²) in [5, 5.41) is 1.84. The molecule has 2 rings (SSSR count). The van der Waals surface area contributed by atoms with E-state index in [9.17, 15) is 39.6 Å². The molecular weight excluding hydrogens is 502 g/mol. The van der Waals surface area contributed by atoms with Gasteiger partial charge in [-0.25, -0.2) is 8.42 Å². The molecule has 0 aromatic heterocycles. The molecule has 182 valence electrons. The Kier molecular flexibility index (Phi) is 7.92. The molecule has 0 unspecified atom stereocenters. The van der Waals surface area contributed by atoms with E-state index >= 15 is 0 Å². The maximum Gasteiger partial charge on any atom is 0.416 e. The number of anilines is 1. The van der Waals surface area contributed by atoms with Gasteiger partial charge in [-0.3, -0.25) is 4.79 Å². The van der Waals surface area contributed by atoms with Crippen LogP contribution in [0, 0.1) is 0 Å². The van der Waals surface area contributed by atoms with Gasteiger partial charge < -0.3 is 10.1 Å². The lowest BCUT2D eigenvalue weighted by atomic mass is 10.1. The van der Waals surface area contributed by atoms with Crippen LogP contribution in [0.2, 0.25) is 5.02 Å². The fourth-order valence-corrected chi connectivity index (χ4v) is 4.08. The molecular formula is C19H17ClF6N2O4S. The van der Waals surface area contributed by atoms with Crippen LogP contribution in [-0.2, 0) is 27.2 Å². The third kappa shape index (κ3) is 6.98. The number of hydrogen-bond donors (Lipinski definition) is 2. The highest BCUT2D eigenvalue weighted by Gasteiger charge is 2.37. The minimum absolute atomic E-state index is 0.0273. The molecule has 0 heterocycles. The first-order valence-electron chi connectivity index (χ1n) is 9.09. The molecule has 2 aromatic carbocycles. The summed E-state index contributed by atoms with van der Waals surface area (Å²) in [6.07, 6.45) is -10.2. The lowest BCUT2D eigenvalue weighted by Crippen LogP contribution is -2.41. The first-order valence-corrected chi connectivity index (χ1v) is 11.0. The Labute approximate surface area is 189 Å². The average Bonchev–Trinajstić information content (AvgIpc) is 2.67. The zero-order valence-corrected chi connectivity index (χ0v) is 18.5. The van der Waals surface area contributed by atoms with E-state index in [2.05, 4.69) is 0 Å². The Morgan fingerprint density at radius 3 is 2.03 bits per heavy atom. The van der Waals surface area contributed by atoms with Gasteiger partial charge in [0.05, 0.1) is 33.7 Å². The third-order valence-corrected chi connectivity index (χ3v) is 5.93. The van der Waals surface area contributed by atoms with Crippen molar-refractivity contribution in [3.63, 3.8) is 0 Å². The number of ether oxygens (including phenoxy) is 1. The molecule has 0 saturated heterocycles. The Balaban J connectivity index is 2.24. The van der Waals surface area contributed by atoms with Gasteiger partial charge in [0, 0.05) is 5.69 Å². The molecule has 2 aromatic rings.